The van der Waals surface area contributed by atoms with Crippen LogP contribution in [0.4, 0.5) is 0 Å². The quantitative estimate of drug-likeness (QED) is 0.319. The Balaban J connectivity index is 1.61. The van der Waals surface area contributed by atoms with E-state index in [4.69, 9.17) is 24.0 Å². The maximum Gasteiger partial charge on any atom is 0.338 e. The van der Waals surface area contributed by atoms with Gasteiger partial charge in [0.25, 0.3) is 0 Å². The maximum atomic E-state index is 12.6. The van der Waals surface area contributed by atoms with Crippen LogP contribution in [0.25, 0.3) is 22.5 Å². The minimum absolute atomic E-state index is 0.395. The molecule has 0 N–H and O–H groups in total. The summed E-state index contributed by atoms with van der Waals surface area (Å²) in [6.07, 6.45) is 1.57. The van der Waals surface area contributed by atoms with E-state index in [2.05, 4.69) is 0 Å². The van der Waals surface area contributed by atoms with Crippen molar-refractivity contribution < 1.29 is 18.7 Å². The molecule has 2 aromatic carbocycles. The first kappa shape index (κ1) is 20.5. The number of hydrogen-bond acceptors (Lipinski definition) is 6. The highest BCUT2D eigenvalue weighted by atomic mass is 16.5. The van der Waals surface area contributed by atoms with Crippen molar-refractivity contribution in [2.24, 2.45) is 0 Å². The van der Waals surface area contributed by atoms with Crippen LogP contribution < -0.4 is 4.74 Å². The average molecular weight is 439 g/mol. The second-order valence-electron chi connectivity index (χ2n) is 7.49. The van der Waals surface area contributed by atoms with Gasteiger partial charge in [-0.05, 0) is 43.3 Å². The number of rotatable bonds is 6. The summed E-state index contributed by atoms with van der Waals surface area (Å²) < 4.78 is 18.4. The zero-order valence-electron chi connectivity index (χ0n) is 18.2. The van der Waals surface area contributed by atoms with Crippen LogP contribution in [0, 0.1) is 6.92 Å². The third kappa shape index (κ3) is 3.96. The van der Waals surface area contributed by atoms with Gasteiger partial charge in [0.05, 0.1) is 36.6 Å². The third-order valence-electron chi connectivity index (χ3n) is 5.32. The van der Waals surface area contributed by atoms with Gasteiger partial charge in [0, 0.05) is 5.56 Å². The van der Waals surface area contributed by atoms with Gasteiger partial charge in [-0.25, -0.2) is 14.5 Å². The van der Waals surface area contributed by atoms with E-state index in [1.165, 1.54) is 7.11 Å². The predicted molar refractivity (Wildman–Crippen MR) is 123 cm³/mol. The van der Waals surface area contributed by atoms with Crippen molar-refractivity contribution in [1.82, 2.24) is 14.8 Å². The number of hydrogen-bond donors (Lipinski definition) is 0. The van der Waals surface area contributed by atoms with Gasteiger partial charge in [-0.1, -0.05) is 36.4 Å². The number of pyridine rings is 1. The largest absolute Gasteiger partial charge is 0.465 e. The molecule has 0 aliphatic heterocycles. The Hall–Kier alpha value is -4.39. The number of aromatic nitrogens is 3. The smallest absolute Gasteiger partial charge is 0.338 e. The van der Waals surface area contributed by atoms with Crippen molar-refractivity contribution in [1.29, 1.82) is 0 Å². The molecule has 0 amide bonds. The molecule has 0 aliphatic rings. The molecule has 0 aliphatic carbocycles. The van der Waals surface area contributed by atoms with Gasteiger partial charge < -0.3 is 13.9 Å². The van der Waals surface area contributed by atoms with Crippen molar-refractivity contribution in [2.75, 3.05) is 7.11 Å². The number of benzene rings is 2. The summed E-state index contributed by atoms with van der Waals surface area (Å²) in [5.41, 5.74) is 3.10. The first-order valence-corrected chi connectivity index (χ1v) is 10.4. The number of esters is 1. The number of aryl methyl sites for hydroxylation is 1. The molecule has 7 heteroatoms. The summed E-state index contributed by atoms with van der Waals surface area (Å²) >= 11 is 0. The van der Waals surface area contributed by atoms with Crippen LogP contribution in [0.15, 0.2) is 83.5 Å². The zero-order chi connectivity index (χ0) is 22.8. The van der Waals surface area contributed by atoms with Crippen molar-refractivity contribution in [3.05, 3.63) is 95.9 Å². The molecule has 0 fully saturated rings. The molecule has 7 nitrogen and oxygen atoms in total. The molecule has 3 heterocycles. The number of furan rings is 1. The lowest BCUT2D eigenvalue weighted by atomic mass is 10.1. The molecule has 5 aromatic rings. The Morgan fingerprint density at radius 2 is 1.82 bits per heavy atom. The molecule has 0 spiro atoms. The van der Waals surface area contributed by atoms with Gasteiger partial charge in [-0.2, -0.15) is 5.10 Å². The van der Waals surface area contributed by atoms with Crippen LogP contribution in [-0.2, 0) is 11.3 Å². The summed E-state index contributed by atoms with van der Waals surface area (Å²) in [4.78, 5) is 17.4. The number of para-hydroxylation sites is 2. The molecule has 0 saturated heterocycles. The molecule has 164 valence electrons. The molecule has 5 rings (SSSR count). The highest BCUT2D eigenvalue weighted by molar-refractivity contribution is 6.04. The first-order chi connectivity index (χ1) is 16.1. The molecular formula is C26H21N3O4. The van der Waals surface area contributed by atoms with E-state index in [1.807, 2.05) is 61.5 Å². The molecule has 0 saturated carbocycles. The van der Waals surface area contributed by atoms with Gasteiger partial charge in [-0.15, -0.1) is 0 Å². The van der Waals surface area contributed by atoms with Crippen LogP contribution in [0.2, 0.25) is 0 Å². The molecular weight excluding hydrogens is 418 g/mol. The predicted octanol–water partition coefficient (Wildman–Crippen LogP) is 5.63. The fourth-order valence-electron chi connectivity index (χ4n) is 3.80. The van der Waals surface area contributed by atoms with Gasteiger partial charge >= 0.3 is 5.97 Å². The first-order valence-electron chi connectivity index (χ1n) is 10.4. The Labute approximate surface area is 190 Å². The van der Waals surface area contributed by atoms with E-state index < -0.39 is 5.97 Å². The molecule has 0 atom stereocenters. The van der Waals surface area contributed by atoms with Gasteiger partial charge in [0.15, 0.2) is 11.4 Å². The van der Waals surface area contributed by atoms with Crippen LogP contribution >= 0.6 is 0 Å². The minimum Gasteiger partial charge on any atom is -0.465 e. The summed E-state index contributed by atoms with van der Waals surface area (Å²) in [7, 11) is 1.36. The van der Waals surface area contributed by atoms with E-state index in [9.17, 15) is 4.79 Å². The van der Waals surface area contributed by atoms with Crippen LogP contribution in [-0.4, -0.2) is 27.8 Å². The van der Waals surface area contributed by atoms with Gasteiger partial charge in [0.2, 0.25) is 0 Å². The van der Waals surface area contributed by atoms with Gasteiger partial charge in [0.1, 0.15) is 17.2 Å². The van der Waals surface area contributed by atoms with Crippen LogP contribution in [0.3, 0.4) is 0 Å². The Morgan fingerprint density at radius 1 is 1.03 bits per heavy atom. The highest BCUT2D eigenvalue weighted by Gasteiger charge is 2.22. The highest BCUT2D eigenvalue weighted by Crippen LogP contribution is 2.30. The number of carbonyl (C=O) groups excluding carboxylic acids is 1. The molecule has 0 unspecified atom stereocenters. The average Bonchev–Trinajstić information content (AvgIpc) is 3.49. The van der Waals surface area contributed by atoms with Crippen molar-refractivity contribution in [2.45, 2.75) is 13.5 Å². The van der Waals surface area contributed by atoms with E-state index in [0.29, 0.717) is 40.3 Å². The molecule has 0 bridgehead atoms. The summed E-state index contributed by atoms with van der Waals surface area (Å²) in [6, 6.07) is 22.6. The number of fused-ring (bicyclic) bond motifs is 1. The minimum atomic E-state index is -0.453. The third-order valence-corrected chi connectivity index (χ3v) is 5.32. The van der Waals surface area contributed by atoms with Crippen molar-refractivity contribution in [3.63, 3.8) is 0 Å². The van der Waals surface area contributed by atoms with E-state index in [1.54, 1.807) is 29.1 Å². The maximum absolute atomic E-state index is 12.6. The SMILES string of the molecule is COC(=O)c1cc(-c2ccco2)nc2c1c(C)nn2Cc1ccccc1Oc1ccccc1. The van der Waals surface area contributed by atoms with Crippen molar-refractivity contribution in [3.8, 4) is 23.0 Å². The van der Waals surface area contributed by atoms with Crippen LogP contribution in [0.5, 0.6) is 11.5 Å². The van der Waals surface area contributed by atoms with E-state index in [0.717, 1.165) is 17.1 Å². The van der Waals surface area contributed by atoms with Crippen molar-refractivity contribution >= 4 is 17.0 Å². The lowest BCUT2D eigenvalue weighted by Crippen LogP contribution is -2.07. The molecule has 3 aromatic heterocycles. The summed E-state index contributed by atoms with van der Waals surface area (Å²) in [5.74, 6) is 1.57. The summed E-state index contributed by atoms with van der Waals surface area (Å²) in [6.45, 7) is 2.26. The number of nitrogens with zero attached hydrogens (tertiary/aromatic N) is 3. The Morgan fingerprint density at radius 3 is 2.58 bits per heavy atom. The second-order valence-corrected chi connectivity index (χ2v) is 7.49. The monoisotopic (exact) mass is 439 g/mol. The van der Waals surface area contributed by atoms with E-state index >= 15 is 0 Å². The number of carbonyl (C=O) groups is 1. The normalized spacial score (nSPS) is 11.0. The fraction of sp³-hybridized carbons (Fsp3) is 0.115. The van der Waals surface area contributed by atoms with E-state index in [-0.39, 0.29) is 0 Å². The topological polar surface area (TPSA) is 79.4 Å². The Kier molecular flexibility index (Phi) is 5.36. The molecule has 33 heavy (non-hydrogen) atoms. The fourth-order valence-corrected chi connectivity index (χ4v) is 3.80. The van der Waals surface area contributed by atoms with Gasteiger partial charge in [-0.3, -0.25) is 0 Å². The standard InChI is InChI=1S/C26H21N3O4/c1-17-24-20(26(30)31-2)15-21(23-13-8-14-32-23)27-25(24)29(28-17)16-18-9-6-7-12-22(18)33-19-10-4-3-5-11-19/h3-15H,16H2,1-2H3. The lowest BCUT2D eigenvalue weighted by Gasteiger charge is -2.12. The number of ether oxygens (including phenoxy) is 2. The lowest BCUT2D eigenvalue weighted by molar-refractivity contribution is 0.0603. The zero-order valence-corrected chi connectivity index (χ0v) is 18.2. The second kappa shape index (κ2) is 8.63. The summed E-state index contributed by atoms with van der Waals surface area (Å²) in [5, 5.41) is 5.34. The Bertz CT molecular complexity index is 1420. The van der Waals surface area contributed by atoms with Crippen LogP contribution in [0.1, 0.15) is 21.6 Å². The molecule has 0 radical (unpaired) electrons. The number of methoxy groups -OCH3 is 1.